The molecule has 0 saturated carbocycles. The largest absolute Gasteiger partial charge is 0.448 e. The molecule has 0 unspecified atom stereocenters. The summed E-state index contributed by atoms with van der Waals surface area (Å²) in [5.74, 6) is -0.321. The van der Waals surface area contributed by atoms with Crippen LogP contribution >= 0.6 is 11.6 Å². The summed E-state index contributed by atoms with van der Waals surface area (Å²) in [6, 6.07) is 8.68. The molecule has 1 heterocycles. The quantitative estimate of drug-likeness (QED) is 0.663. The molecule has 2 amide bonds. The molecule has 104 valence electrons. The van der Waals surface area contributed by atoms with Crippen LogP contribution in [-0.4, -0.2) is 30.1 Å². The number of nitrogens with zero attached hydrogens (tertiary/aromatic N) is 1. The van der Waals surface area contributed by atoms with Crippen molar-refractivity contribution in [3.63, 3.8) is 0 Å². The highest BCUT2D eigenvalue weighted by molar-refractivity contribution is 6.30. The number of para-hydroxylation sites is 1. The fraction of sp³-hybridized carbons (Fsp3) is 0.154. The summed E-state index contributed by atoms with van der Waals surface area (Å²) in [5.41, 5.74) is 5.87. The maximum absolute atomic E-state index is 12.1. The fourth-order valence-corrected chi connectivity index (χ4v) is 1.94. The van der Waals surface area contributed by atoms with Crippen molar-refractivity contribution in [1.29, 1.82) is 0 Å². The van der Waals surface area contributed by atoms with Gasteiger partial charge in [-0.05, 0) is 12.1 Å². The SMILES string of the molecule is NC(=O)OCCNC(=O)c1cc(Cl)nc2ccccc12. The van der Waals surface area contributed by atoms with Gasteiger partial charge >= 0.3 is 6.09 Å². The molecule has 3 N–H and O–H groups in total. The Morgan fingerprint density at radius 2 is 2.10 bits per heavy atom. The number of ether oxygens (including phenoxy) is 1. The number of carbonyl (C=O) groups excluding carboxylic acids is 2. The number of nitrogens with one attached hydrogen (secondary N) is 1. The highest BCUT2D eigenvalue weighted by Crippen LogP contribution is 2.20. The van der Waals surface area contributed by atoms with Crippen molar-refractivity contribution in [3.8, 4) is 0 Å². The van der Waals surface area contributed by atoms with Crippen LogP contribution in [0.1, 0.15) is 10.4 Å². The van der Waals surface area contributed by atoms with Gasteiger partial charge in [-0.3, -0.25) is 4.79 Å². The Kier molecular flexibility index (Phi) is 4.37. The van der Waals surface area contributed by atoms with Crippen molar-refractivity contribution >= 4 is 34.5 Å². The van der Waals surface area contributed by atoms with Gasteiger partial charge in [0.1, 0.15) is 11.8 Å². The molecule has 7 heteroatoms. The van der Waals surface area contributed by atoms with Gasteiger partial charge in [-0.2, -0.15) is 0 Å². The minimum atomic E-state index is -0.878. The smallest absolute Gasteiger partial charge is 0.404 e. The zero-order chi connectivity index (χ0) is 14.5. The van der Waals surface area contributed by atoms with Gasteiger partial charge in [0.15, 0.2) is 0 Å². The molecule has 0 aliphatic heterocycles. The molecule has 0 bridgehead atoms. The summed E-state index contributed by atoms with van der Waals surface area (Å²) >= 11 is 5.89. The number of carbonyl (C=O) groups is 2. The summed E-state index contributed by atoms with van der Waals surface area (Å²) < 4.78 is 4.53. The molecule has 2 rings (SSSR count). The third kappa shape index (κ3) is 3.36. The number of amides is 2. The Bertz CT molecular complexity index is 660. The van der Waals surface area contributed by atoms with E-state index in [2.05, 4.69) is 15.0 Å². The number of pyridine rings is 1. The van der Waals surface area contributed by atoms with Crippen molar-refractivity contribution < 1.29 is 14.3 Å². The molecule has 0 fully saturated rings. The number of rotatable bonds is 4. The van der Waals surface area contributed by atoms with Gasteiger partial charge in [0.2, 0.25) is 0 Å². The topological polar surface area (TPSA) is 94.3 Å². The van der Waals surface area contributed by atoms with E-state index in [0.717, 1.165) is 0 Å². The van der Waals surface area contributed by atoms with Crippen molar-refractivity contribution in [1.82, 2.24) is 10.3 Å². The molecule has 0 radical (unpaired) electrons. The Morgan fingerprint density at radius 3 is 2.85 bits per heavy atom. The second-order valence-electron chi connectivity index (χ2n) is 3.93. The fourth-order valence-electron chi connectivity index (χ4n) is 1.74. The Morgan fingerprint density at radius 1 is 1.35 bits per heavy atom. The average Bonchev–Trinajstić information content (AvgIpc) is 2.42. The van der Waals surface area contributed by atoms with Crippen LogP contribution in [0.4, 0.5) is 4.79 Å². The minimum absolute atomic E-state index is 0.0117. The molecule has 0 atom stereocenters. The van der Waals surface area contributed by atoms with Crippen LogP contribution in [0.3, 0.4) is 0 Å². The molecule has 1 aromatic heterocycles. The van der Waals surface area contributed by atoms with Crippen molar-refractivity contribution in [2.75, 3.05) is 13.2 Å². The van der Waals surface area contributed by atoms with E-state index in [4.69, 9.17) is 17.3 Å². The van der Waals surface area contributed by atoms with Crippen LogP contribution in [0, 0.1) is 0 Å². The van der Waals surface area contributed by atoms with Crippen LogP contribution in [0.5, 0.6) is 0 Å². The lowest BCUT2D eigenvalue weighted by molar-refractivity contribution is 0.0938. The first-order chi connectivity index (χ1) is 9.58. The van der Waals surface area contributed by atoms with E-state index in [1.165, 1.54) is 6.07 Å². The molecule has 0 saturated heterocycles. The number of hydrogen-bond donors (Lipinski definition) is 2. The van der Waals surface area contributed by atoms with Crippen molar-refractivity contribution in [2.24, 2.45) is 5.73 Å². The number of primary amides is 1. The van der Waals surface area contributed by atoms with Crippen molar-refractivity contribution in [2.45, 2.75) is 0 Å². The number of benzene rings is 1. The predicted molar refractivity (Wildman–Crippen MR) is 74.6 cm³/mol. The third-order valence-corrected chi connectivity index (χ3v) is 2.76. The monoisotopic (exact) mass is 293 g/mol. The second kappa shape index (κ2) is 6.21. The lowest BCUT2D eigenvalue weighted by Crippen LogP contribution is -2.29. The highest BCUT2D eigenvalue weighted by Gasteiger charge is 2.11. The zero-order valence-electron chi connectivity index (χ0n) is 10.4. The number of aromatic nitrogens is 1. The van der Waals surface area contributed by atoms with Gasteiger partial charge < -0.3 is 15.8 Å². The van der Waals surface area contributed by atoms with Crippen LogP contribution in [-0.2, 0) is 4.74 Å². The molecule has 1 aromatic carbocycles. The first kappa shape index (κ1) is 14.1. The van der Waals surface area contributed by atoms with Gasteiger partial charge in [-0.15, -0.1) is 0 Å². The van der Waals surface area contributed by atoms with Gasteiger partial charge in [-0.25, -0.2) is 9.78 Å². The van der Waals surface area contributed by atoms with Gasteiger partial charge in [0, 0.05) is 5.39 Å². The summed E-state index contributed by atoms with van der Waals surface area (Å²) in [5, 5.41) is 3.55. The lowest BCUT2D eigenvalue weighted by atomic mass is 10.1. The molecule has 20 heavy (non-hydrogen) atoms. The predicted octanol–water partition coefficient (Wildman–Crippen LogP) is 1.71. The molecular formula is C13H12ClN3O3. The first-order valence-electron chi connectivity index (χ1n) is 5.83. The van der Waals surface area contributed by atoms with E-state index < -0.39 is 6.09 Å². The van der Waals surface area contributed by atoms with Crippen LogP contribution in [0.2, 0.25) is 5.15 Å². The normalized spacial score (nSPS) is 10.2. The summed E-state index contributed by atoms with van der Waals surface area (Å²) in [7, 11) is 0. The van der Waals surface area contributed by atoms with Crippen LogP contribution in [0.15, 0.2) is 30.3 Å². The zero-order valence-corrected chi connectivity index (χ0v) is 11.2. The van der Waals surface area contributed by atoms with E-state index in [-0.39, 0.29) is 24.2 Å². The maximum atomic E-state index is 12.1. The molecule has 0 aliphatic rings. The third-order valence-electron chi connectivity index (χ3n) is 2.56. The van der Waals surface area contributed by atoms with Gasteiger partial charge in [-0.1, -0.05) is 29.8 Å². The Balaban J connectivity index is 2.15. The van der Waals surface area contributed by atoms with E-state index in [9.17, 15) is 9.59 Å². The van der Waals surface area contributed by atoms with Crippen molar-refractivity contribution in [3.05, 3.63) is 41.0 Å². The second-order valence-corrected chi connectivity index (χ2v) is 4.32. The van der Waals surface area contributed by atoms with Gasteiger partial charge in [0.25, 0.3) is 5.91 Å². The summed E-state index contributed by atoms with van der Waals surface area (Å²) in [6.07, 6.45) is -0.878. The first-order valence-corrected chi connectivity index (χ1v) is 6.21. The summed E-state index contributed by atoms with van der Waals surface area (Å²) in [6.45, 7) is 0.174. The van der Waals surface area contributed by atoms with E-state index in [1.54, 1.807) is 12.1 Å². The van der Waals surface area contributed by atoms with E-state index >= 15 is 0 Å². The number of hydrogen-bond acceptors (Lipinski definition) is 4. The molecular weight excluding hydrogens is 282 g/mol. The molecule has 6 nitrogen and oxygen atoms in total. The van der Waals surface area contributed by atoms with Crippen LogP contribution < -0.4 is 11.1 Å². The van der Waals surface area contributed by atoms with E-state index in [0.29, 0.717) is 16.5 Å². The molecule has 0 spiro atoms. The minimum Gasteiger partial charge on any atom is -0.448 e. The Labute approximate surface area is 119 Å². The number of fused-ring (bicyclic) bond motifs is 1. The molecule has 0 aliphatic carbocycles. The average molecular weight is 294 g/mol. The maximum Gasteiger partial charge on any atom is 0.404 e. The Hall–Kier alpha value is -2.34. The highest BCUT2D eigenvalue weighted by atomic mass is 35.5. The van der Waals surface area contributed by atoms with Crippen LogP contribution in [0.25, 0.3) is 10.9 Å². The summed E-state index contributed by atoms with van der Waals surface area (Å²) in [4.78, 5) is 26.6. The van der Waals surface area contributed by atoms with E-state index in [1.807, 2.05) is 12.1 Å². The standard InChI is InChI=1S/C13H12ClN3O3/c14-11-7-9(8-3-1-2-4-10(8)17-11)12(18)16-5-6-20-13(15)19/h1-4,7H,5-6H2,(H2,15,19)(H,16,18). The number of halogens is 1. The lowest BCUT2D eigenvalue weighted by Gasteiger charge is -2.08. The van der Waals surface area contributed by atoms with Gasteiger partial charge in [0.05, 0.1) is 17.6 Å². The number of nitrogens with two attached hydrogens (primary N) is 1. The molecule has 2 aromatic rings.